The fourth-order valence-electron chi connectivity index (χ4n) is 1.54. The fourth-order valence-corrected chi connectivity index (χ4v) is 1.54. The number of carbonyl (C=O) groups is 1. The SMILES string of the molecule is CCCOc1cccc2cc(C(C)=O)oc12. The number of carbonyl (C=O) groups excluding carboxylic acids is 1. The van der Waals surface area contributed by atoms with Gasteiger partial charge in [-0.15, -0.1) is 0 Å². The van der Waals surface area contributed by atoms with Crippen molar-refractivity contribution in [1.29, 1.82) is 0 Å². The van der Waals surface area contributed by atoms with Crippen molar-refractivity contribution in [2.45, 2.75) is 20.3 Å². The molecule has 84 valence electrons. The van der Waals surface area contributed by atoms with Gasteiger partial charge in [0.15, 0.2) is 22.9 Å². The molecule has 0 fully saturated rings. The average molecular weight is 218 g/mol. The zero-order valence-corrected chi connectivity index (χ0v) is 9.45. The highest BCUT2D eigenvalue weighted by Gasteiger charge is 2.11. The molecule has 0 unspecified atom stereocenters. The number of ether oxygens (including phenoxy) is 1. The highest BCUT2D eigenvalue weighted by molar-refractivity contribution is 5.97. The number of ketones is 1. The van der Waals surface area contributed by atoms with E-state index in [4.69, 9.17) is 9.15 Å². The molecule has 1 heterocycles. The van der Waals surface area contributed by atoms with Gasteiger partial charge in [0.25, 0.3) is 0 Å². The summed E-state index contributed by atoms with van der Waals surface area (Å²) < 4.78 is 11.0. The second-order valence-corrected chi connectivity index (χ2v) is 3.69. The first-order chi connectivity index (χ1) is 7.72. The molecule has 1 aromatic heterocycles. The van der Waals surface area contributed by atoms with Crippen LogP contribution in [0.25, 0.3) is 11.0 Å². The van der Waals surface area contributed by atoms with Crippen LogP contribution in [0.4, 0.5) is 0 Å². The molecule has 0 aliphatic carbocycles. The molecular weight excluding hydrogens is 204 g/mol. The van der Waals surface area contributed by atoms with Gasteiger partial charge in [-0.1, -0.05) is 19.1 Å². The first-order valence-electron chi connectivity index (χ1n) is 5.38. The number of furan rings is 1. The van der Waals surface area contributed by atoms with E-state index in [1.54, 1.807) is 6.07 Å². The minimum atomic E-state index is -0.0716. The summed E-state index contributed by atoms with van der Waals surface area (Å²) in [5, 5.41) is 0.902. The fraction of sp³-hybridized carbons (Fsp3) is 0.308. The first kappa shape index (κ1) is 10.7. The molecule has 0 aliphatic rings. The van der Waals surface area contributed by atoms with Gasteiger partial charge >= 0.3 is 0 Å². The molecule has 0 aliphatic heterocycles. The van der Waals surface area contributed by atoms with Crippen molar-refractivity contribution in [3.63, 3.8) is 0 Å². The number of benzene rings is 1. The van der Waals surface area contributed by atoms with Crippen LogP contribution in [0, 0.1) is 0 Å². The minimum Gasteiger partial charge on any atom is -0.490 e. The summed E-state index contributed by atoms with van der Waals surface area (Å²) in [5.41, 5.74) is 0.654. The molecule has 0 radical (unpaired) electrons. The van der Waals surface area contributed by atoms with Crippen LogP contribution in [0.5, 0.6) is 5.75 Å². The standard InChI is InChI=1S/C13H14O3/c1-3-7-15-11-6-4-5-10-8-12(9(2)14)16-13(10)11/h4-6,8H,3,7H2,1-2H3. The Morgan fingerprint density at radius 2 is 2.25 bits per heavy atom. The lowest BCUT2D eigenvalue weighted by molar-refractivity contribution is 0.0989. The van der Waals surface area contributed by atoms with Gasteiger partial charge in [0.05, 0.1) is 6.61 Å². The van der Waals surface area contributed by atoms with Gasteiger partial charge < -0.3 is 9.15 Å². The Bertz CT molecular complexity index is 511. The smallest absolute Gasteiger partial charge is 0.194 e. The molecular formula is C13H14O3. The maximum atomic E-state index is 11.2. The molecule has 0 saturated heterocycles. The van der Waals surface area contributed by atoms with E-state index in [-0.39, 0.29) is 5.78 Å². The molecule has 0 amide bonds. The number of fused-ring (bicyclic) bond motifs is 1. The minimum absolute atomic E-state index is 0.0716. The van der Waals surface area contributed by atoms with Gasteiger partial charge in [0.1, 0.15) is 0 Å². The third-order valence-corrected chi connectivity index (χ3v) is 2.32. The lowest BCUT2D eigenvalue weighted by Gasteiger charge is -2.03. The molecule has 0 bridgehead atoms. The molecule has 0 atom stereocenters. The maximum Gasteiger partial charge on any atom is 0.194 e. The lowest BCUT2D eigenvalue weighted by Crippen LogP contribution is -1.94. The summed E-state index contributed by atoms with van der Waals surface area (Å²) >= 11 is 0. The second-order valence-electron chi connectivity index (χ2n) is 3.69. The Morgan fingerprint density at radius 3 is 2.94 bits per heavy atom. The molecule has 1 aromatic carbocycles. The number of hydrogen-bond donors (Lipinski definition) is 0. The third kappa shape index (κ3) is 1.94. The number of rotatable bonds is 4. The zero-order chi connectivity index (χ0) is 11.5. The van der Waals surface area contributed by atoms with Gasteiger partial charge in [0, 0.05) is 12.3 Å². The van der Waals surface area contributed by atoms with Gasteiger partial charge in [-0.3, -0.25) is 4.79 Å². The Kier molecular flexibility index (Phi) is 2.95. The van der Waals surface area contributed by atoms with E-state index >= 15 is 0 Å². The number of para-hydroxylation sites is 1. The van der Waals surface area contributed by atoms with Crippen molar-refractivity contribution in [3.05, 3.63) is 30.0 Å². The predicted molar refractivity (Wildman–Crippen MR) is 62.0 cm³/mol. The van der Waals surface area contributed by atoms with E-state index in [1.165, 1.54) is 6.92 Å². The normalized spacial score (nSPS) is 10.6. The quantitative estimate of drug-likeness (QED) is 0.738. The summed E-state index contributed by atoms with van der Waals surface area (Å²) in [4.78, 5) is 11.2. The Morgan fingerprint density at radius 1 is 1.44 bits per heavy atom. The number of Topliss-reactive ketones (excluding diaryl/α,β-unsaturated/α-hetero) is 1. The van der Waals surface area contributed by atoms with Crippen molar-refractivity contribution in [1.82, 2.24) is 0 Å². The van der Waals surface area contributed by atoms with Crippen LogP contribution in [0.15, 0.2) is 28.7 Å². The van der Waals surface area contributed by atoms with Crippen LogP contribution < -0.4 is 4.74 Å². The first-order valence-corrected chi connectivity index (χ1v) is 5.38. The van der Waals surface area contributed by atoms with Crippen molar-refractivity contribution in [3.8, 4) is 5.75 Å². The molecule has 3 heteroatoms. The highest BCUT2D eigenvalue weighted by Crippen LogP contribution is 2.28. The maximum absolute atomic E-state index is 11.2. The largest absolute Gasteiger partial charge is 0.490 e. The molecule has 16 heavy (non-hydrogen) atoms. The topological polar surface area (TPSA) is 39.4 Å². The van der Waals surface area contributed by atoms with Crippen molar-refractivity contribution in [2.75, 3.05) is 6.61 Å². The highest BCUT2D eigenvalue weighted by atomic mass is 16.5. The summed E-state index contributed by atoms with van der Waals surface area (Å²) in [5.74, 6) is 1.01. The average Bonchev–Trinajstić information content (AvgIpc) is 2.70. The van der Waals surface area contributed by atoms with E-state index in [1.807, 2.05) is 25.1 Å². The van der Waals surface area contributed by atoms with Crippen LogP contribution >= 0.6 is 0 Å². The van der Waals surface area contributed by atoms with Crippen LogP contribution in [0.1, 0.15) is 30.8 Å². The van der Waals surface area contributed by atoms with Crippen LogP contribution in [-0.4, -0.2) is 12.4 Å². The van der Waals surface area contributed by atoms with Crippen LogP contribution in [0.3, 0.4) is 0 Å². The van der Waals surface area contributed by atoms with Crippen LogP contribution in [0.2, 0.25) is 0 Å². The van der Waals surface area contributed by atoms with Crippen molar-refractivity contribution < 1.29 is 13.9 Å². The van der Waals surface area contributed by atoms with Crippen LogP contribution in [-0.2, 0) is 0 Å². The lowest BCUT2D eigenvalue weighted by atomic mass is 10.2. The van der Waals surface area contributed by atoms with Gasteiger partial charge in [-0.05, 0) is 18.6 Å². The molecule has 2 rings (SSSR count). The van der Waals surface area contributed by atoms with E-state index in [2.05, 4.69) is 0 Å². The molecule has 2 aromatic rings. The molecule has 3 nitrogen and oxygen atoms in total. The van der Waals surface area contributed by atoms with E-state index < -0.39 is 0 Å². The van der Waals surface area contributed by atoms with E-state index in [9.17, 15) is 4.79 Å². The predicted octanol–water partition coefficient (Wildman–Crippen LogP) is 3.42. The third-order valence-electron chi connectivity index (χ3n) is 2.32. The Hall–Kier alpha value is -1.77. The van der Waals surface area contributed by atoms with Crippen molar-refractivity contribution >= 4 is 16.8 Å². The summed E-state index contributed by atoms with van der Waals surface area (Å²) in [6, 6.07) is 7.40. The monoisotopic (exact) mass is 218 g/mol. The van der Waals surface area contributed by atoms with Gasteiger partial charge in [-0.25, -0.2) is 0 Å². The second kappa shape index (κ2) is 4.39. The zero-order valence-electron chi connectivity index (χ0n) is 9.45. The van der Waals surface area contributed by atoms with E-state index in [0.29, 0.717) is 23.7 Å². The summed E-state index contributed by atoms with van der Waals surface area (Å²) in [7, 11) is 0. The molecule has 0 N–H and O–H groups in total. The summed E-state index contributed by atoms with van der Waals surface area (Å²) in [6.07, 6.45) is 0.941. The Labute approximate surface area is 94.0 Å². The van der Waals surface area contributed by atoms with Gasteiger partial charge in [0.2, 0.25) is 0 Å². The Balaban J connectivity index is 2.45. The summed E-state index contributed by atoms with van der Waals surface area (Å²) in [6.45, 7) is 4.18. The molecule has 0 saturated carbocycles. The van der Waals surface area contributed by atoms with Crippen molar-refractivity contribution in [2.24, 2.45) is 0 Å². The van der Waals surface area contributed by atoms with Gasteiger partial charge in [-0.2, -0.15) is 0 Å². The number of hydrogen-bond acceptors (Lipinski definition) is 3. The molecule has 0 spiro atoms. The van der Waals surface area contributed by atoms with E-state index in [0.717, 1.165) is 11.8 Å².